The Kier molecular flexibility index (Phi) is 3.85. The van der Waals surface area contributed by atoms with Gasteiger partial charge in [0, 0.05) is 36.7 Å². The van der Waals surface area contributed by atoms with Gasteiger partial charge in [-0.2, -0.15) is 0 Å². The normalized spacial score (nSPS) is 24.3. The summed E-state index contributed by atoms with van der Waals surface area (Å²) in [5.41, 5.74) is 4.16. The van der Waals surface area contributed by atoms with Crippen LogP contribution in [0.3, 0.4) is 0 Å². The van der Waals surface area contributed by atoms with E-state index in [1.807, 2.05) is 43.5 Å². The summed E-state index contributed by atoms with van der Waals surface area (Å²) in [6.45, 7) is 3.79. The van der Waals surface area contributed by atoms with Crippen molar-refractivity contribution in [3.05, 3.63) is 54.1 Å². The lowest BCUT2D eigenvalue weighted by Gasteiger charge is -2.18. The van der Waals surface area contributed by atoms with Gasteiger partial charge in [0.25, 0.3) is 0 Å². The molecule has 1 aliphatic carbocycles. The number of rotatable bonds is 4. The molecule has 0 spiro atoms. The number of H-pyrrole nitrogens is 1. The fourth-order valence-corrected chi connectivity index (χ4v) is 4.00. The van der Waals surface area contributed by atoms with Crippen molar-refractivity contribution in [2.75, 3.05) is 18.0 Å². The molecule has 3 atom stereocenters. The lowest BCUT2D eigenvalue weighted by molar-refractivity contribution is -0.123. The fraction of sp³-hybridized carbons (Fsp3) is 0.381. The van der Waals surface area contributed by atoms with Crippen LogP contribution in [0, 0.1) is 12.8 Å². The van der Waals surface area contributed by atoms with Crippen LogP contribution in [0.4, 0.5) is 5.69 Å². The number of fused-ring (bicyclic) bond motifs is 1. The van der Waals surface area contributed by atoms with E-state index in [2.05, 4.69) is 31.2 Å². The third kappa shape index (κ3) is 3.16. The standard InChI is InChI=1S/C21H23N5O/c1-13-6-7-15(11-22-13)26-9-8-14(12-26)23-21(27)17-10-16(17)20-24-18-4-2-3-5-19(18)25-20/h2-7,11,14,16-17H,8-10,12H2,1H3,(H,23,27)(H,24,25)/t14-,16+,17+/m1/s1. The van der Waals surface area contributed by atoms with Gasteiger partial charge in [-0.05, 0) is 44.0 Å². The lowest BCUT2D eigenvalue weighted by atomic mass is 10.2. The number of para-hydroxylation sites is 2. The Morgan fingerprint density at radius 3 is 2.96 bits per heavy atom. The molecule has 1 saturated carbocycles. The van der Waals surface area contributed by atoms with Gasteiger partial charge in [0.05, 0.1) is 22.9 Å². The van der Waals surface area contributed by atoms with E-state index in [9.17, 15) is 4.79 Å². The van der Waals surface area contributed by atoms with Gasteiger partial charge >= 0.3 is 0 Å². The van der Waals surface area contributed by atoms with Gasteiger partial charge in [-0.3, -0.25) is 9.78 Å². The molecular formula is C21H23N5O. The number of carbonyl (C=O) groups is 1. The van der Waals surface area contributed by atoms with Crippen LogP contribution in [0.5, 0.6) is 0 Å². The zero-order chi connectivity index (χ0) is 18.4. The van der Waals surface area contributed by atoms with Gasteiger partial charge in [0.1, 0.15) is 5.82 Å². The molecule has 6 heteroatoms. The Morgan fingerprint density at radius 1 is 1.26 bits per heavy atom. The molecule has 2 aliphatic rings. The molecule has 138 valence electrons. The molecule has 1 aliphatic heterocycles. The summed E-state index contributed by atoms with van der Waals surface area (Å²) in [6, 6.07) is 12.3. The molecular weight excluding hydrogens is 338 g/mol. The van der Waals surface area contributed by atoms with Crippen molar-refractivity contribution >= 4 is 22.6 Å². The molecule has 1 aromatic carbocycles. The van der Waals surface area contributed by atoms with Crippen LogP contribution in [0.2, 0.25) is 0 Å². The van der Waals surface area contributed by atoms with E-state index < -0.39 is 0 Å². The highest BCUT2D eigenvalue weighted by Crippen LogP contribution is 2.46. The average Bonchev–Trinajstić information content (AvgIpc) is 3.15. The van der Waals surface area contributed by atoms with E-state index in [4.69, 9.17) is 0 Å². The molecule has 6 nitrogen and oxygen atoms in total. The minimum Gasteiger partial charge on any atom is -0.368 e. The number of aromatic nitrogens is 3. The van der Waals surface area contributed by atoms with Crippen molar-refractivity contribution in [1.82, 2.24) is 20.3 Å². The van der Waals surface area contributed by atoms with Gasteiger partial charge in [-0.1, -0.05) is 12.1 Å². The van der Waals surface area contributed by atoms with E-state index in [1.165, 1.54) is 0 Å². The Morgan fingerprint density at radius 2 is 2.15 bits per heavy atom. The summed E-state index contributed by atoms with van der Waals surface area (Å²) in [7, 11) is 0. The van der Waals surface area contributed by atoms with E-state index in [1.54, 1.807) is 0 Å². The first kappa shape index (κ1) is 16.3. The quantitative estimate of drug-likeness (QED) is 0.749. The Bertz CT molecular complexity index is 947. The molecule has 1 saturated heterocycles. The Balaban J connectivity index is 1.19. The molecule has 2 N–H and O–H groups in total. The second-order valence-electron chi connectivity index (χ2n) is 7.69. The molecule has 2 aromatic heterocycles. The maximum Gasteiger partial charge on any atom is 0.224 e. The summed E-state index contributed by atoms with van der Waals surface area (Å²) < 4.78 is 0. The van der Waals surface area contributed by atoms with Crippen molar-refractivity contribution in [3.8, 4) is 0 Å². The molecule has 5 rings (SSSR count). The first-order valence-electron chi connectivity index (χ1n) is 9.60. The maximum atomic E-state index is 12.7. The van der Waals surface area contributed by atoms with Crippen LogP contribution in [0.15, 0.2) is 42.6 Å². The third-order valence-corrected chi connectivity index (χ3v) is 5.68. The molecule has 3 heterocycles. The highest BCUT2D eigenvalue weighted by Gasteiger charge is 2.46. The highest BCUT2D eigenvalue weighted by atomic mass is 16.2. The third-order valence-electron chi connectivity index (χ3n) is 5.68. The van der Waals surface area contributed by atoms with Crippen LogP contribution in [-0.2, 0) is 4.79 Å². The molecule has 1 amide bonds. The molecule has 0 bridgehead atoms. The number of nitrogens with zero attached hydrogens (tertiary/aromatic N) is 3. The van der Waals surface area contributed by atoms with Gasteiger partial charge in [0.15, 0.2) is 0 Å². The zero-order valence-electron chi connectivity index (χ0n) is 15.4. The van der Waals surface area contributed by atoms with Crippen LogP contribution >= 0.6 is 0 Å². The molecule has 0 radical (unpaired) electrons. The van der Waals surface area contributed by atoms with Crippen molar-refractivity contribution < 1.29 is 4.79 Å². The zero-order valence-corrected chi connectivity index (χ0v) is 15.4. The number of benzene rings is 1. The SMILES string of the molecule is Cc1ccc(N2CC[C@@H](NC(=O)[C@H]3C[C@@H]3c3nc4ccccc4[nH]3)C2)cn1. The summed E-state index contributed by atoms with van der Waals surface area (Å²) in [5.74, 6) is 1.36. The van der Waals surface area contributed by atoms with E-state index >= 15 is 0 Å². The number of amides is 1. The van der Waals surface area contributed by atoms with Gasteiger partial charge in [-0.15, -0.1) is 0 Å². The van der Waals surface area contributed by atoms with Crippen molar-refractivity contribution in [2.24, 2.45) is 5.92 Å². The smallest absolute Gasteiger partial charge is 0.224 e. The number of nitrogens with one attached hydrogen (secondary N) is 2. The maximum absolute atomic E-state index is 12.7. The van der Waals surface area contributed by atoms with Crippen LogP contribution in [-0.4, -0.2) is 40.0 Å². The molecule has 2 fully saturated rings. The number of hydrogen-bond donors (Lipinski definition) is 2. The molecule has 3 aromatic rings. The summed E-state index contributed by atoms with van der Waals surface area (Å²) >= 11 is 0. The van der Waals surface area contributed by atoms with Gasteiger partial charge < -0.3 is 15.2 Å². The monoisotopic (exact) mass is 361 g/mol. The Hall–Kier alpha value is -2.89. The average molecular weight is 361 g/mol. The summed E-state index contributed by atoms with van der Waals surface area (Å²) in [6.07, 6.45) is 3.77. The largest absolute Gasteiger partial charge is 0.368 e. The summed E-state index contributed by atoms with van der Waals surface area (Å²) in [4.78, 5) is 27.3. The van der Waals surface area contributed by atoms with Crippen molar-refractivity contribution in [1.29, 1.82) is 0 Å². The first-order chi connectivity index (χ1) is 13.2. The van der Waals surface area contributed by atoms with Gasteiger partial charge in [0.2, 0.25) is 5.91 Å². The van der Waals surface area contributed by atoms with E-state index in [0.717, 1.165) is 54.2 Å². The number of hydrogen-bond acceptors (Lipinski definition) is 4. The molecule has 27 heavy (non-hydrogen) atoms. The van der Waals surface area contributed by atoms with E-state index in [-0.39, 0.29) is 23.8 Å². The van der Waals surface area contributed by atoms with E-state index in [0.29, 0.717) is 0 Å². The van der Waals surface area contributed by atoms with Crippen LogP contribution < -0.4 is 10.2 Å². The minimum atomic E-state index is 0.0423. The van der Waals surface area contributed by atoms with Crippen molar-refractivity contribution in [2.45, 2.75) is 31.7 Å². The number of aromatic amines is 1. The Labute approximate surface area is 158 Å². The van der Waals surface area contributed by atoms with Crippen LogP contribution in [0.25, 0.3) is 11.0 Å². The minimum absolute atomic E-state index is 0.0423. The second-order valence-corrected chi connectivity index (χ2v) is 7.69. The number of anilines is 1. The predicted octanol–water partition coefficient (Wildman–Crippen LogP) is 2.76. The number of aryl methyl sites for hydroxylation is 1. The predicted molar refractivity (Wildman–Crippen MR) is 105 cm³/mol. The fourth-order valence-electron chi connectivity index (χ4n) is 4.00. The lowest BCUT2D eigenvalue weighted by Crippen LogP contribution is -2.38. The number of imidazole rings is 1. The second kappa shape index (κ2) is 6.37. The van der Waals surface area contributed by atoms with Gasteiger partial charge in [-0.25, -0.2) is 4.98 Å². The molecule has 0 unspecified atom stereocenters. The van der Waals surface area contributed by atoms with Crippen LogP contribution in [0.1, 0.15) is 30.3 Å². The number of pyridine rings is 1. The number of carbonyl (C=O) groups excluding carboxylic acids is 1. The van der Waals surface area contributed by atoms with Crippen molar-refractivity contribution in [3.63, 3.8) is 0 Å². The topological polar surface area (TPSA) is 73.9 Å². The first-order valence-corrected chi connectivity index (χ1v) is 9.60. The summed E-state index contributed by atoms with van der Waals surface area (Å²) in [5, 5.41) is 3.24. The highest BCUT2D eigenvalue weighted by molar-refractivity contribution is 5.83.